The lowest BCUT2D eigenvalue weighted by atomic mass is 10.1. The second-order valence-corrected chi connectivity index (χ2v) is 7.64. The van der Waals surface area contributed by atoms with E-state index in [1.54, 1.807) is 30.3 Å². The lowest BCUT2D eigenvalue weighted by Gasteiger charge is -2.13. The zero-order valence-corrected chi connectivity index (χ0v) is 18.2. The highest BCUT2D eigenvalue weighted by Crippen LogP contribution is 2.28. The van der Waals surface area contributed by atoms with E-state index in [0.29, 0.717) is 28.0 Å². The maximum absolute atomic E-state index is 12.5. The van der Waals surface area contributed by atoms with E-state index in [9.17, 15) is 27.2 Å². The molecule has 3 aromatic carbocycles. The van der Waals surface area contributed by atoms with Crippen molar-refractivity contribution in [2.24, 2.45) is 0 Å². The van der Waals surface area contributed by atoms with Crippen LogP contribution in [0.25, 0.3) is 0 Å². The lowest BCUT2D eigenvalue weighted by molar-refractivity contribution is -0.119. The third-order valence-corrected chi connectivity index (χ3v) is 4.94. The molecule has 0 aliphatic rings. The Labute approximate surface area is 196 Å². The fourth-order valence-corrected chi connectivity index (χ4v) is 3.31. The molecule has 0 saturated carbocycles. The number of hydrogen-bond acceptors (Lipinski definition) is 6. The summed E-state index contributed by atoms with van der Waals surface area (Å²) in [5.74, 6) is -4.32. The summed E-state index contributed by atoms with van der Waals surface area (Å²) in [5, 5.41) is 5.35. The van der Waals surface area contributed by atoms with E-state index >= 15 is 0 Å². The van der Waals surface area contributed by atoms with Crippen molar-refractivity contribution in [2.45, 2.75) is 17.3 Å². The van der Waals surface area contributed by atoms with Gasteiger partial charge in [-0.1, -0.05) is 36.0 Å². The minimum absolute atomic E-state index is 0.000585. The Kier molecular flexibility index (Phi) is 8.74. The molecule has 0 aliphatic heterocycles. The van der Waals surface area contributed by atoms with Crippen LogP contribution < -0.4 is 15.4 Å². The molecule has 1 amide bonds. The van der Waals surface area contributed by atoms with Crippen molar-refractivity contribution in [1.29, 1.82) is 0 Å². The molecule has 0 aromatic heterocycles. The van der Waals surface area contributed by atoms with Gasteiger partial charge in [0.25, 0.3) is 11.7 Å². The molecule has 0 unspecified atom stereocenters. The molecule has 3 aromatic rings. The zero-order valence-electron chi connectivity index (χ0n) is 17.3. The lowest BCUT2D eigenvalue weighted by Crippen LogP contribution is -2.22. The summed E-state index contributed by atoms with van der Waals surface area (Å²) in [4.78, 5) is 25.1. The highest BCUT2D eigenvalue weighted by Gasteiger charge is 2.16. The summed E-state index contributed by atoms with van der Waals surface area (Å²) in [7, 11) is 0. The Hall–Kier alpha value is -3.73. The minimum atomic E-state index is -3.07. The molecule has 34 heavy (non-hydrogen) atoms. The van der Waals surface area contributed by atoms with Crippen LogP contribution in [0.15, 0.2) is 77.7 Å². The number of carbonyl (C=O) groups excluding carboxylic acids is 2. The first-order valence-corrected chi connectivity index (χ1v) is 10.6. The van der Waals surface area contributed by atoms with Crippen molar-refractivity contribution in [3.05, 3.63) is 78.4 Å². The number of nitrogens with one attached hydrogen (secondary N) is 2. The Morgan fingerprint density at radius 2 is 1.50 bits per heavy atom. The van der Waals surface area contributed by atoms with Gasteiger partial charge >= 0.3 is 12.6 Å². The molecular weight excluding hydrogens is 476 g/mol. The number of amides is 1. The van der Waals surface area contributed by atoms with Gasteiger partial charge in [-0.3, -0.25) is 4.79 Å². The van der Waals surface area contributed by atoms with E-state index in [0.717, 1.165) is 0 Å². The number of benzene rings is 3. The second kappa shape index (κ2) is 11.9. The molecule has 0 spiro atoms. The summed E-state index contributed by atoms with van der Waals surface area (Å²) >= 11 is 0.417. The number of anilines is 3. The van der Waals surface area contributed by atoms with Gasteiger partial charge in [0.2, 0.25) is 0 Å². The topological polar surface area (TPSA) is 76.7 Å². The summed E-state index contributed by atoms with van der Waals surface area (Å²) in [6.07, 6.45) is 0. The largest absolute Gasteiger partial charge is 0.452 e. The van der Waals surface area contributed by atoms with Crippen LogP contribution in [0.1, 0.15) is 10.4 Å². The second-order valence-electron chi connectivity index (χ2n) is 6.57. The number of rotatable bonds is 10. The van der Waals surface area contributed by atoms with Gasteiger partial charge in [-0.15, -0.1) is 0 Å². The van der Waals surface area contributed by atoms with Crippen LogP contribution in [-0.2, 0) is 9.53 Å². The molecule has 0 atom stereocenters. The van der Waals surface area contributed by atoms with E-state index in [1.807, 2.05) is 0 Å². The quantitative estimate of drug-likeness (QED) is 0.200. The number of thioether (sulfide) groups is 1. The molecule has 0 heterocycles. The molecule has 178 valence electrons. The summed E-state index contributed by atoms with van der Waals surface area (Å²) < 4.78 is 59.3. The molecule has 3 rings (SSSR count). The van der Waals surface area contributed by atoms with Crippen molar-refractivity contribution < 1.29 is 36.6 Å². The summed E-state index contributed by atoms with van der Waals surface area (Å²) in [6, 6.07) is 18.2. The number of ether oxygens (including phenoxy) is 2. The number of para-hydroxylation sites is 3. The van der Waals surface area contributed by atoms with E-state index < -0.39 is 30.9 Å². The Morgan fingerprint density at radius 3 is 2.18 bits per heavy atom. The fraction of sp³-hybridized carbons (Fsp3) is 0.130. The van der Waals surface area contributed by atoms with Gasteiger partial charge in [-0.05, 0) is 48.5 Å². The van der Waals surface area contributed by atoms with Gasteiger partial charge in [0.15, 0.2) is 6.61 Å². The predicted octanol–water partition coefficient (Wildman–Crippen LogP) is 6.14. The maximum atomic E-state index is 12.5. The monoisotopic (exact) mass is 494 g/mol. The Morgan fingerprint density at radius 1 is 0.853 bits per heavy atom. The van der Waals surface area contributed by atoms with E-state index in [1.165, 1.54) is 42.5 Å². The SMILES string of the molecule is O=C(COC(=O)c1ccccc1Nc1ccc(SC(F)F)cc1)Nc1ccccc1OC(F)F. The van der Waals surface area contributed by atoms with E-state index in [4.69, 9.17) is 4.74 Å². The average molecular weight is 494 g/mol. The Bertz CT molecular complexity index is 1130. The number of hydrogen-bond donors (Lipinski definition) is 2. The molecular formula is C23H18F4N2O4S. The molecule has 2 N–H and O–H groups in total. The number of halogens is 4. The average Bonchev–Trinajstić information content (AvgIpc) is 2.80. The third kappa shape index (κ3) is 7.41. The van der Waals surface area contributed by atoms with E-state index in [-0.39, 0.29) is 17.0 Å². The van der Waals surface area contributed by atoms with Gasteiger partial charge in [0.1, 0.15) is 5.75 Å². The molecule has 0 radical (unpaired) electrons. The summed E-state index contributed by atoms with van der Waals surface area (Å²) in [5.41, 5.74) is 1.05. The predicted molar refractivity (Wildman–Crippen MR) is 120 cm³/mol. The first kappa shape index (κ1) is 24.9. The zero-order chi connectivity index (χ0) is 24.5. The Balaban J connectivity index is 1.61. The molecule has 0 saturated heterocycles. The van der Waals surface area contributed by atoms with Crippen molar-refractivity contribution in [2.75, 3.05) is 17.2 Å². The van der Waals surface area contributed by atoms with Gasteiger partial charge < -0.3 is 20.1 Å². The molecule has 6 nitrogen and oxygen atoms in total. The number of esters is 1. The van der Waals surface area contributed by atoms with Crippen LogP contribution in [0, 0.1) is 0 Å². The smallest absolute Gasteiger partial charge is 0.387 e. The van der Waals surface area contributed by atoms with Crippen molar-refractivity contribution in [3.63, 3.8) is 0 Å². The highest BCUT2D eigenvalue weighted by atomic mass is 32.2. The van der Waals surface area contributed by atoms with Crippen LogP contribution in [0.2, 0.25) is 0 Å². The van der Waals surface area contributed by atoms with Gasteiger partial charge in [0, 0.05) is 10.6 Å². The third-order valence-electron chi connectivity index (χ3n) is 4.22. The maximum Gasteiger partial charge on any atom is 0.387 e. The van der Waals surface area contributed by atoms with Gasteiger partial charge in [-0.2, -0.15) is 17.6 Å². The van der Waals surface area contributed by atoms with Gasteiger partial charge in [-0.25, -0.2) is 4.79 Å². The molecule has 0 aliphatic carbocycles. The van der Waals surface area contributed by atoms with Crippen LogP contribution in [0.4, 0.5) is 34.6 Å². The van der Waals surface area contributed by atoms with E-state index in [2.05, 4.69) is 15.4 Å². The first-order valence-electron chi connectivity index (χ1n) is 9.73. The number of carbonyl (C=O) groups is 2. The van der Waals surface area contributed by atoms with Crippen LogP contribution in [0.3, 0.4) is 0 Å². The first-order chi connectivity index (χ1) is 16.3. The standard InChI is InChI=1S/C23H18F4N2O4S/c24-22(25)33-19-8-4-3-7-18(19)29-20(30)13-32-21(31)16-5-1-2-6-17(16)28-14-9-11-15(12-10-14)34-23(26)27/h1-12,22-23,28H,13H2,(H,29,30). The molecule has 0 bridgehead atoms. The minimum Gasteiger partial charge on any atom is -0.452 e. The van der Waals surface area contributed by atoms with Gasteiger partial charge in [0.05, 0.1) is 16.9 Å². The highest BCUT2D eigenvalue weighted by molar-refractivity contribution is 7.99. The normalized spacial score (nSPS) is 10.8. The fourth-order valence-electron chi connectivity index (χ4n) is 2.81. The molecule has 0 fully saturated rings. The van der Waals surface area contributed by atoms with Crippen LogP contribution in [0.5, 0.6) is 5.75 Å². The molecule has 11 heteroatoms. The van der Waals surface area contributed by atoms with Crippen molar-refractivity contribution in [3.8, 4) is 5.75 Å². The summed E-state index contributed by atoms with van der Waals surface area (Å²) in [6.45, 7) is -3.74. The number of alkyl halides is 4. The van der Waals surface area contributed by atoms with Crippen molar-refractivity contribution in [1.82, 2.24) is 0 Å². The van der Waals surface area contributed by atoms with Crippen molar-refractivity contribution >= 4 is 40.7 Å². The van der Waals surface area contributed by atoms with Crippen LogP contribution >= 0.6 is 11.8 Å². The van der Waals surface area contributed by atoms with Crippen LogP contribution in [-0.4, -0.2) is 30.9 Å².